The summed E-state index contributed by atoms with van der Waals surface area (Å²) < 4.78 is 0. The van der Waals surface area contributed by atoms with Crippen molar-refractivity contribution in [2.45, 2.75) is 106 Å². The summed E-state index contributed by atoms with van der Waals surface area (Å²) in [4.78, 5) is 12.7. The van der Waals surface area contributed by atoms with Crippen LogP contribution in [0.2, 0.25) is 0 Å². The van der Waals surface area contributed by atoms with E-state index >= 15 is 0 Å². The molecule has 0 unspecified atom stereocenters. The Labute approximate surface area is 186 Å². The fourth-order valence-electron chi connectivity index (χ4n) is 9.44. The molecule has 0 heterocycles. The van der Waals surface area contributed by atoms with Crippen LogP contribution >= 0.6 is 0 Å². The first-order valence-electron chi connectivity index (χ1n) is 13.3. The maximum Gasteiger partial charge on any atom is 0.161 e. The summed E-state index contributed by atoms with van der Waals surface area (Å²) >= 11 is 0. The van der Waals surface area contributed by atoms with Crippen LogP contribution in [0.3, 0.4) is 0 Å². The summed E-state index contributed by atoms with van der Waals surface area (Å²) in [5, 5.41) is 0. The predicted molar refractivity (Wildman–Crippen MR) is 127 cm³/mol. The van der Waals surface area contributed by atoms with E-state index in [1.54, 1.807) is 0 Å². The maximum absolute atomic E-state index is 12.7. The second-order valence-corrected chi connectivity index (χ2v) is 13.3. The van der Waals surface area contributed by atoms with Gasteiger partial charge in [0.1, 0.15) is 0 Å². The van der Waals surface area contributed by atoms with Gasteiger partial charge in [0.15, 0.2) is 5.78 Å². The molecule has 0 aromatic carbocycles. The highest BCUT2D eigenvalue weighted by Crippen LogP contribution is 2.69. The first-order chi connectivity index (χ1) is 14.0. The lowest BCUT2D eigenvalue weighted by Gasteiger charge is -2.62. The molecule has 4 aliphatic rings. The van der Waals surface area contributed by atoms with Gasteiger partial charge in [0.2, 0.25) is 0 Å². The van der Waals surface area contributed by atoms with Gasteiger partial charge in [0, 0.05) is 5.41 Å². The van der Waals surface area contributed by atoms with E-state index in [9.17, 15) is 4.79 Å². The van der Waals surface area contributed by atoms with Gasteiger partial charge < -0.3 is 0 Å². The van der Waals surface area contributed by atoms with Crippen LogP contribution in [0.5, 0.6) is 0 Å². The van der Waals surface area contributed by atoms with Crippen molar-refractivity contribution < 1.29 is 4.79 Å². The molecule has 0 amide bonds. The van der Waals surface area contributed by atoms with Crippen molar-refractivity contribution in [3.8, 4) is 0 Å². The molecule has 0 aromatic heterocycles. The maximum atomic E-state index is 12.7. The second kappa shape index (κ2) is 7.77. The Bertz CT molecular complexity index is 686. The average Bonchev–Trinajstić information content (AvgIpc) is 3.02. The van der Waals surface area contributed by atoms with Gasteiger partial charge in [-0.1, -0.05) is 73.8 Å². The van der Waals surface area contributed by atoms with E-state index in [1.165, 1.54) is 57.8 Å². The highest BCUT2D eigenvalue weighted by atomic mass is 16.1. The monoisotopic (exact) mass is 412 g/mol. The minimum absolute atomic E-state index is 0.182. The van der Waals surface area contributed by atoms with Gasteiger partial charge in [-0.15, -0.1) is 0 Å². The van der Waals surface area contributed by atoms with Crippen molar-refractivity contribution in [1.29, 1.82) is 0 Å². The van der Waals surface area contributed by atoms with Crippen molar-refractivity contribution in [3.05, 3.63) is 12.2 Å². The SMILES string of the molecule is CC(C)CCC[C@@H](C)[C@H]1CC[C@H]2[C@@H]3CC[C@H]4C(C)(C)C(=O)C=C[C@]4(C)[C@H]3CC[C@]12C. The topological polar surface area (TPSA) is 17.1 Å². The molecule has 170 valence electrons. The summed E-state index contributed by atoms with van der Waals surface area (Å²) in [5.74, 6) is 6.13. The van der Waals surface area contributed by atoms with Crippen molar-refractivity contribution >= 4 is 5.78 Å². The zero-order chi connectivity index (χ0) is 21.9. The number of allylic oxidation sites excluding steroid dienone is 2. The second-order valence-electron chi connectivity index (χ2n) is 13.3. The predicted octanol–water partition coefficient (Wildman–Crippen LogP) is 8.09. The molecule has 0 aromatic rings. The quantitative estimate of drug-likeness (QED) is 0.446. The largest absolute Gasteiger partial charge is 0.294 e. The number of carbonyl (C=O) groups excluding carboxylic acids is 1. The zero-order valence-corrected chi connectivity index (χ0v) is 21.0. The molecule has 3 saturated carbocycles. The molecular weight excluding hydrogens is 364 g/mol. The van der Waals surface area contributed by atoms with Gasteiger partial charge in [-0.25, -0.2) is 0 Å². The van der Waals surface area contributed by atoms with E-state index in [2.05, 4.69) is 54.5 Å². The lowest BCUT2D eigenvalue weighted by molar-refractivity contribution is -0.142. The van der Waals surface area contributed by atoms with Crippen LogP contribution in [-0.4, -0.2) is 5.78 Å². The summed E-state index contributed by atoms with van der Waals surface area (Å²) in [6.07, 6.45) is 16.9. The molecule has 8 atom stereocenters. The van der Waals surface area contributed by atoms with Crippen LogP contribution in [0.25, 0.3) is 0 Å². The molecule has 0 aliphatic heterocycles. The smallest absolute Gasteiger partial charge is 0.161 e. The lowest BCUT2D eigenvalue weighted by atomic mass is 9.42. The van der Waals surface area contributed by atoms with Crippen molar-refractivity contribution in [2.75, 3.05) is 0 Å². The fraction of sp³-hybridized carbons (Fsp3) is 0.897. The Morgan fingerprint density at radius 1 is 0.933 bits per heavy atom. The molecule has 4 rings (SSSR count). The van der Waals surface area contributed by atoms with Crippen LogP contribution < -0.4 is 0 Å². The third-order valence-corrected chi connectivity index (χ3v) is 11.1. The van der Waals surface area contributed by atoms with E-state index in [0.29, 0.717) is 17.1 Å². The Morgan fingerprint density at radius 2 is 1.67 bits per heavy atom. The van der Waals surface area contributed by atoms with Gasteiger partial charge in [0.05, 0.1) is 0 Å². The highest BCUT2D eigenvalue weighted by Gasteiger charge is 2.62. The Morgan fingerprint density at radius 3 is 2.37 bits per heavy atom. The first kappa shape index (κ1) is 22.6. The third kappa shape index (κ3) is 3.36. The van der Waals surface area contributed by atoms with E-state index in [0.717, 1.165) is 35.5 Å². The molecule has 3 fully saturated rings. The van der Waals surface area contributed by atoms with Crippen molar-refractivity contribution in [3.63, 3.8) is 0 Å². The normalized spacial score (nSPS) is 45.7. The van der Waals surface area contributed by atoms with E-state index in [4.69, 9.17) is 0 Å². The minimum atomic E-state index is -0.182. The van der Waals surface area contributed by atoms with E-state index in [1.807, 2.05) is 6.08 Å². The Kier molecular flexibility index (Phi) is 5.85. The van der Waals surface area contributed by atoms with Crippen LogP contribution in [0, 0.1) is 57.7 Å². The fourth-order valence-corrected chi connectivity index (χ4v) is 9.44. The number of hydrogen-bond acceptors (Lipinski definition) is 1. The van der Waals surface area contributed by atoms with Crippen molar-refractivity contribution in [2.24, 2.45) is 57.7 Å². The van der Waals surface area contributed by atoms with Crippen LogP contribution in [0.15, 0.2) is 12.2 Å². The summed E-state index contributed by atoms with van der Waals surface area (Å²) in [5.41, 5.74) is 0.603. The molecular formula is C29H48O. The van der Waals surface area contributed by atoms with Gasteiger partial charge >= 0.3 is 0 Å². The number of carbonyl (C=O) groups is 1. The molecule has 0 spiro atoms. The van der Waals surface area contributed by atoms with Crippen LogP contribution in [0.4, 0.5) is 0 Å². The Balaban J connectivity index is 1.53. The number of rotatable bonds is 5. The standard InChI is InChI=1S/C29H48O/c1-19(2)9-8-10-20(3)22-12-13-23-21-11-14-25-27(4,5)26(30)16-18-29(25,7)24(21)15-17-28(22,23)6/h16,18-25H,8-15,17H2,1-7H3/t20-,21+,22-,23+,24+,25+,28-,29-/m1/s1. The average molecular weight is 413 g/mol. The van der Waals surface area contributed by atoms with Gasteiger partial charge in [0.25, 0.3) is 0 Å². The molecule has 0 N–H and O–H groups in total. The Hall–Kier alpha value is -0.590. The summed E-state index contributed by atoms with van der Waals surface area (Å²) in [7, 11) is 0. The summed E-state index contributed by atoms with van der Waals surface area (Å²) in [6.45, 7) is 16.9. The minimum Gasteiger partial charge on any atom is -0.294 e. The molecule has 0 radical (unpaired) electrons. The van der Waals surface area contributed by atoms with Crippen LogP contribution in [-0.2, 0) is 4.79 Å². The number of fused-ring (bicyclic) bond motifs is 5. The number of hydrogen-bond donors (Lipinski definition) is 0. The molecule has 1 heteroatoms. The van der Waals surface area contributed by atoms with Gasteiger partial charge in [-0.05, 0) is 96.9 Å². The molecule has 1 nitrogen and oxygen atoms in total. The molecule has 30 heavy (non-hydrogen) atoms. The van der Waals surface area contributed by atoms with E-state index < -0.39 is 0 Å². The first-order valence-corrected chi connectivity index (χ1v) is 13.3. The molecule has 4 aliphatic carbocycles. The lowest BCUT2D eigenvalue weighted by Crippen LogP contribution is -2.56. The number of ketones is 1. The zero-order valence-electron chi connectivity index (χ0n) is 21.0. The highest BCUT2D eigenvalue weighted by molar-refractivity contribution is 5.95. The van der Waals surface area contributed by atoms with Crippen molar-refractivity contribution in [1.82, 2.24) is 0 Å². The van der Waals surface area contributed by atoms with E-state index in [-0.39, 0.29) is 10.8 Å². The third-order valence-electron chi connectivity index (χ3n) is 11.1. The van der Waals surface area contributed by atoms with Gasteiger partial charge in [-0.3, -0.25) is 4.79 Å². The van der Waals surface area contributed by atoms with Crippen LogP contribution in [0.1, 0.15) is 106 Å². The van der Waals surface area contributed by atoms with Gasteiger partial charge in [-0.2, -0.15) is 0 Å². The molecule has 0 bridgehead atoms. The molecule has 0 saturated heterocycles. The summed E-state index contributed by atoms with van der Waals surface area (Å²) in [6, 6.07) is 0.